The summed E-state index contributed by atoms with van der Waals surface area (Å²) in [6, 6.07) is 0. The molecule has 0 radical (unpaired) electrons. The fraction of sp³-hybridized carbons (Fsp3) is 0.333. The van der Waals surface area contributed by atoms with Gasteiger partial charge in [0.2, 0.25) is 0 Å². The van der Waals surface area contributed by atoms with E-state index in [0.717, 1.165) is 12.8 Å². The third-order valence-electron chi connectivity index (χ3n) is 1.45. The maximum Gasteiger partial charge on any atom is 0.122 e. The highest BCUT2D eigenvalue weighted by molar-refractivity contribution is 5.20. The zero-order valence-electron chi connectivity index (χ0n) is 6.73. The topological polar surface area (TPSA) is 49.7 Å². The van der Waals surface area contributed by atoms with Gasteiger partial charge in [0.25, 0.3) is 0 Å². The van der Waals surface area contributed by atoms with Crippen LogP contribution in [0.2, 0.25) is 0 Å². The zero-order chi connectivity index (χ0) is 8.81. The Kier molecular flexibility index (Phi) is 3.26. The average Bonchev–Trinajstić information content (AvgIpc) is 2.02. The first-order valence-corrected chi connectivity index (χ1v) is 3.87. The van der Waals surface area contributed by atoms with E-state index >= 15 is 0 Å². The molecule has 0 saturated heterocycles. The normalized spacial score (nSPS) is 30.3. The van der Waals surface area contributed by atoms with E-state index < -0.39 is 0 Å². The van der Waals surface area contributed by atoms with Gasteiger partial charge in [0.15, 0.2) is 0 Å². The molecule has 0 unspecified atom stereocenters. The van der Waals surface area contributed by atoms with Crippen molar-refractivity contribution >= 4 is 0 Å². The lowest BCUT2D eigenvalue weighted by molar-refractivity contribution is 0.243. The third kappa shape index (κ3) is 3.14. The first-order valence-electron chi connectivity index (χ1n) is 3.87. The first kappa shape index (κ1) is 8.71. The van der Waals surface area contributed by atoms with Crippen LogP contribution in [-0.2, 0) is 4.74 Å². The van der Waals surface area contributed by atoms with E-state index in [1.54, 1.807) is 6.08 Å². The van der Waals surface area contributed by atoms with Gasteiger partial charge in [0, 0.05) is 12.2 Å². The summed E-state index contributed by atoms with van der Waals surface area (Å²) in [5.74, 6) is 0.0877. The Hall–Kier alpha value is -1.38. The van der Waals surface area contributed by atoms with Gasteiger partial charge >= 0.3 is 0 Å². The highest BCUT2D eigenvalue weighted by Gasteiger charge is 1.93. The summed E-state index contributed by atoms with van der Waals surface area (Å²) in [5, 5.41) is 18.2. The number of allylic oxidation sites excluding steroid dienone is 3. The second kappa shape index (κ2) is 4.49. The second-order valence-electron chi connectivity index (χ2n) is 2.51. The molecule has 0 aromatic rings. The molecule has 3 nitrogen and oxygen atoms in total. The molecule has 1 heterocycles. The van der Waals surface area contributed by atoms with Crippen molar-refractivity contribution in [2.24, 2.45) is 0 Å². The molecule has 0 aromatic carbocycles. The van der Waals surface area contributed by atoms with E-state index in [2.05, 4.69) is 0 Å². The van der Waals surface area contributed by atoms with E-state index in [0.29, 0.717) is 6.61 Å². The van der Waals surface area contributed by atoms with Crippen LogP contribution in [0.5, 0.6) is 0 Å². The van der Waals surface area contributed by atoms with Crippen LogP contribution in [0.3, 0.4) is 0 Å². The van der Waals surface area contributed by atoms with Crippen LogP contribution in [0, 0.1) is 0 Å². The van der Waals surface area contributed by atoms with E-state index in [1.807, 2.05) is 0 Å². The standard InChI is InChI=1S/C9H12O3/c10-8-3-1-2-5-12-6-4-9(11)7-8/h3-4,6-7,10-11H,1-2,5H2/b6-4+,8-3-,9-7+. The number of ether oxygens (including phenoxy) is 1. The van der Waals surface area contributed by atoms with Crippen LogP contribution >= 0.6 is 0 Å². The molecule has 0 atom stereocenters. The molecule has 0 amide bonds. The van der Waals surface area contributed by atoms with Crippen LogP contribution in [0.1, 0.15) is 12.8 Å². The molecular formula is C9H12O3. The molecule has 2 N–H and O–H groups in total. The van der Waals surface area contributed by atoms with Crippen LogP contribution < -0.4 is 0 Å². The van der Waals surface area contributed by atoms with Crippen LogP contribution in [0.25, 0.3) is 0 Å². The maximum atomic E-state index is 9.15. The van der Waals surface area contributed by atoms with Gasteiger partial charge < -0.3 is 14.9 Å². The van der Waals surface area contributed by atoms with Gasteiger partial charge in [-0.25, -0.2) is 0 Å². The van der Waals surface area contributed by atoms with E-state index in [4.69, 9.17) is 14.9 Å². The van der Waals surface area contributed by atoms with Crippen molar-refractivity contribution in [3.05, 3.63) is 36.0 Å². The third-order valence-corrected chi connectivity index (χ3v) is 1.45. The van der Waals surface area contributed by atoms with Crippen molar-refractivity contribution in [1.82, 2.24) is 0 Å². The van der Waals surface area contributed by atoms with Gasteiger partial charge in [0.1, 0.15) is 11.5 Å². The minimum atomic E-state index is -0.00866. The first-order chi connectivity index (χ1) is 5.79. The van der Waals surface area contributed by atoms with Crippen molar-refractivity contribution < 1.29 is 14.9 Å². The van der Waals surface area contributed by atoms with Crippen molar-refractivity contribution in [3.8, 4) is 0 Å². The SMILES string of the molecule is OC1=C\CCCO/C=C/C(O)=C\1. The van der Waals surface area contributed by atoms with Gasteiger partial charge in [-0.15, -0.1) is 0 Å². The number of rotatable bonds is 0. The molecule has 0 fully saturated rings. The molecule has 0 spiro atoms. The number of hydrogen-bond donors (Lipinski definition) is 2. The minimum absolute atomic E-state index is 0.00866. The molecule has 66 valence electrons. The Morgan fingerprint density at radius 1 is 1.25 bits per heavy atom. The molecule has 0 bridgehead atoms. The largest absolute Gasteiger partial charge is 0.508 e. The summed E-state index contributed by atoms with van der Waals surface area (Å²) in [7, 11) is 0. The predicted octanol–water partition coefficient (Wildman–Crippen LogP) is 2.19. The Labute approximate surface area is 71.3 Å². The van der Waals surface area contributed by atoms with E-state index in [1.165, 1.54) is 18.4 Å². The average molecular weight is 168 g/mol. The van der Waals surface area contributed by atoms with Gasteiger partial charge in [-0.3, -0.25) is 0 Å². The summed E-state index contributed by atoms with van der Waals surface area (Å²) in [4.78, 5) is 0. The number of aliphatic hydroxyl groups excluding tert-OH is 2. The van der Waals surface area contributed by atoms with Crippen LogP contribution in [0.4, 0.5) is 0 Å². The molecule has 12 heavy (non-hydrogen) atoms. The highest BCUT2D eigenvalue weighted by atomic mass is 16.5. The van der Waals surface area contributed by atoms with E-state index in [9.17, 15) is 0 Å². The lowest BCUT2D eigenvalue weighted by atomic mass is 10.2. The Morgan fingerprint density at radius 2 is 2.08 bits per heavy atom. The molecule has 1 rings (SSSR count). The van der Waals surface area contributed by atoms with Crippen molar-refractivity contribution in [2.45, 2.75) is 12.8 Å². The fourth-order valence-corrected chi connectivity index (χ4v) is 0.861. The molecule has 0 saturated carbocycles. The molecule has 0 aromatic heterocycles. The predicted molar refractivity (Wildman–Crippen MR) is 45.7 cm³/mol. The van der Waals surface area contributed by atoms with Gasteiger partial charge in [-0.2, -0.15) is 0 Å². The Bertz CT molecular complexity index is 226. The summed E-state index contributed by atoms with van der Waals surface area (Å²) in [6.07, 6.45) is 7.37. The summed E-state index contributed by atoms with van der Waals surface area (Å²) in [5.41, 5.74) is 0. The maximum absolute atomic E-state index is 9.15. The smallest absolute Gasteiger partial charge is 0.122 e. The molecule has 0 aliphatic carbocycles. The van der Waals surface area contributed by atoms with Gasteiger partial charge in [0.05, 0.1) is 12.9 Å². The molecular weight excluding hydrogens is 156 g/mol. The Balaban J connectivity index is 2.70. The summed E-state index contributed by atoms with van der Waals surface area (Å²) < 4.78 is 5.02. The van der Waals surface area contributed by atoms with Gasteiger partial charge in [-0.1, -0.05) is 0 Å². The molecule has 1 aliphatic heterocycles. The number of hydrogen-bond acceptors (Lipinski definition) is 3. The highest BCUT2D eigenvalue weighted by Crippen LogP contribution is 2.04. The monoisotopic (exact) mass is 168 g/mol. The lowest BCUT2D eigenvalue weighted by Gasteiger charge is -2.01. The van der Waals surface area contributed by atoms with Gasteiger partial charge in [-0.05, 0) is 18.9 Å². The summed E-state index contributed by atoms with van der Waals surface area (Å²) in [6.45, 7) is 0.605. The molecule has 1 aliphatic rings. The second-order valence-corrected chi connectivity index (χ2v) is 2.51. The summed E-state index contributed by atoms with van der Waals surface area (Å²) >= 11 is 0. The van der Waals surface area contributed by atoms with Crippen molar-refractivity contribution in [1.29, 1.82) is 0 Å². The fourth-order valence-electron chi connectivity index (χ4n) is 0.861. The lowest BCUT2D eigenvalue weighted by Crippen LogP contribution is -1.89. The van der Waals surface area contributed by atoms with E-state index in [-0.39, 0.29) is 11.5 Å². The van der Waals surface area contributed by atoms with Crippen LogP contribution in [-0.4, -0.2) is 16.8 Å². The van der Waals surface area contributed by atoms with Crippen LogP contribution in [0.15, 0.2) is 36.0 Å². The zero-order valence-corrected chi connectivity index (χ0v) is 6.73. The van der Waals surface area contributed by atoms with Crippen molar-refractivity contribution in [3.63, 3.8) is 0 Å². The number of aliphatic hydroxyl groups is 2. The quantitative estimate of drug-likeness (QED) is 0.583. The minimum Gasteiger partial charge on any atom is -0.508 e. The van der Waals surface area contributed by atoms with Crippen molar-refractivity contribution in [2.75, 3.05) is 6.61 Å². The molecule has 3 heteroatoms. The Morgan fingerprint density at radius 3 is 2.92 bits per heavy atom.